The fourth-order valence-electron chi connectivity index (χ4n) is 2.31. The number of sulfonamides is 1. The predicted molar refractivity (Wildman–Crippen MR) is 90.9 cm³/mol. The van der Waals surface area contributed by atoms with Crippen LogP contribution in [0.25, 0.3) is 6.08 Å². The number of aryl methyl sites for hydroxylation is 1. The first-order valence-electron chi connectivity index (χ1n) is 7.64. The maximum absolute atomic E-state index is 12.8. The van der Waals surface area contributed by atoms with Gasteiger partial charge in [-0.3, -0.25) is 4.79 Å². The van der Waals surface area contributed by atoms with Gasteiger partial charge in [0.05, 0.1) is 29.8 Å². The normalized spacial score (nSPS) is 12.6. The molecule has 0 saturated carbocycles. The summed E-state index contributed by atoms with van der Waals surface area (Å²) in [7, 11) is -3.82. The molecular weight excluding hydrogens is 342 g/mol. The van der Waals surface area contributed by atoms with Crippen LogP contribution >= 0.6 is 0 Å². The van der Waals surface area contributed by atoms with Crippen LogP contribution in [-0.4, -0.2) is 31.0 Å². The Hall–Kier alpha value is -2.83. The summed E-state index contributed by atoms with van der Waals surface area (Å²) in [5, 5.41) is 0. The van der Waals surface area contributed by atoms with Crippen LogP contribution in [0.4, 0.5) is 5.82 Å². The van der Waals surface area contributed by atoms with Crippen LogP contribution in [0.15, 0.2) is 35.4 Å². The van der Waals surface area contributed by atoms with Crippen molar-refractivity contribution in [3.8, 4) is 0 Å². The van der Waals surface area contributed by atoms with Crippen molar-refractivity contribution in [2.45, 2.75) is 25.2 Å². The summed E-state index contributed by atoms with van der Waals surface area (Å²) in [5.41, 5.74) is 1.71. The molecule has 0 spiro atoms. The van der Waals surface area contributed by atoms with Gasteiger partial charge in [-0.2, -0.15) is 18.4 Å². The molecule has 0 aliphatic carbocycles. The van der Waals surface area contributed by atoms with Gasteiger partial charge in [0.1, 0.15) is 0 Å². The van der Waals surface area contributed by atoms with Gasteiger partial charge in [-0.05, 0) is 30.3 Å². The second-order valence-electron chi connectivity index (χ2n) is 5.41. The maximum Gasteiger partial charge on any atom is 0.331 e. The van der Waals surface area contributed by atoms with Crippen LogP contribution in [-0.2, 0) is 26.0 Å². The van der Waals surface area contributed by atoms with E-state index in [0.717, 1.165) is 9.87 Å². The van der Waals surface area contributed by atoms with Crippen molar-refractivity contribution < 1.29 is 17.9 Å². The first-order valence-corrected chi connectivity index (χ1v) is 9.08. The summed E-state index contributed by atoms with van der Waals surface area (Å²) >= 11 is 0. The molecule has 0 unspecified atom stereocenters. The molecule has 0 amide bonds. The molecule has 1 aromatic heterocycles. The first kappa shape index (κ1) is 17.0. The van der Waals surface area contributed by atoms with Gasteiger partial charge in [0, 0.05) is 0 Å². The Morgan fingerprint density at radius 1 is 1.28 bits per heavy atom. The van der Waals surface area contributed by atoms with Crippen molar-refractivity contribution in [3.05, 3.63) is 53.6 Å². The van der Waals surface area contributed by atoms with Crippen LogP contribution < -0.4 is 4.31 Å². The summed E-state index contributed by atoms with van der Waals surface area (Å²) in [6.07, 6.45) is 5.44. The van der Waals surface area contributed by atoms with Gasteiger partial charge in [-0.1, -0.05) is 17.7 Å². The largest absolute Gasteiger partial charge is 0.466 e. The fraction of sp³-hybridized carbons (Fsp3) is 0.235. The molecular formula is C17H16N3O4S+. The topological polar surface area (TPSA) is 89.5 Å². The lowest BCUT2D eigenvalue weighted by Gasteiger charge is -2.08. The van der Waals surface area contributed by atoms with Crippen LogP contribution in [0.1, 0.15) is 23.9 Å². The third-order valence-electron chi connectivity index (χ3n) is 3.53. The second kappa shape index (κ2) is 6.58. The molecule has 0 atom stereocenters. The fourth-order valence-corrected chi connectivity index (χ4v) is 3.56. The number of anilines is 1. The van der Waals surface area contributed by atoms with Gasteiger partial charge in [0.2, 0.25) is 0 Å². The highest BCUT2D eigenvalue weighted by Gasteiger charge is 2.40. The average Bonchev–Trinajstić information content (AvgIpc) is 2.99. The highest BCUT2D eigenvalue weighted by atomic mass is 32.2. The molecule has 1 aromatic carbocycles. The molecule has 25 heavy (non-hydrogen) atoms. The summed E-state index contributed by atoms with van der Waals surface area (Å²) in [6.45, 7) is 3.88. The first-order chi connectivity index (χ1) is 11.9. The van der Waals surface area contributed by atoms with E-state index in [1.807, 2.05) is 6.92 Å². The summed E-state index contributed by atoms with van der Waals surface area (Å²) in [4.78, 5) is 20.1. The van der Waals surface area contributed by atoms with Crippen LogP contribution in [0.5, 0.6) is 0 Å². The Kier molecular flexibility index (Phi) is 4.48. The molecule has 2 aromatic rings. The van der Waals surface area contributed by atoms with Crippen molar-refractivity contribution >= 4 is 27.9 Å². The van der Waals surface area contributed by atoms with Gasteiger partial charge >= 0.3 is 11.8 Å². The minimum absolute atomic E-state index is 0.0212. The zero-order valence-electron chi connectivity index (χ0n) is 13.8. The predicted octanol–water partition coefficient (Wildman–Crippen LogP) is 1.87. The van der Waals surface area contributed by atoms with Crippen molar-refractivity contribution in [2.24, 2.45) is 0 Å². The minimum atomic E-state index is -3.82. The highest BCUT2D eigenvalue weighted by molar-refractivity contribution is 7.93. The minimum Gasteiger partial charge on any atom is -0.466 e. The Bertz CT molecular complexity index is 937. The quantitative estimate of drug-likeness (QED) is 0.599. The number of aromatic nitrogens is 2. The molecule has 1 aliphatic rings. The molecule has 0 N–H and O–H groups in total. The number of carbonyl (C=O) groups excluding carboxylic acids is 1. The lowest BCUT2D eigenvalue weighted by atomic mass is 10.2. The van der Waals surface area contributed by atoms with Crippen molar-refractivity contribution in [2.75, 3.05) is 10.9 Å². The average molecular weight is 358 g/mol. The molecule has 2 heterocycles. The lowest BCUT2D eigenvalue weighted by Crippen LogP contribution is -2.25. The molecule has 1 aliphatic heterocycles. The molecule has 128 valence electrons. The number of rotatable bonds is 5. The Labute approximate surface area is 146 Å². The number of carbonyl (C=O) groups is 1. The van der Waals surface area contributed by atoms with Gasteiger partial charge < -0.3 is 4.74 Å². The van der Waals surface area contributed by atoms with E-state index in [1.54, 1.807) is 19.1 Å². The van der Waals surface area contributed by atoms with E-state index in [-0.39, 0.29) is 23.7 Å². The summed E-state index contributed by atoms with van der Waals surface area (Å²) < 4.78 is 31.4. The number of ether oxygens (including phenoxy) is 1. The molecule has 0 radical (unpaired) electrons. The molecule has 7 nitrogen and oxygen atoms in total. The molecule has 0 bridgehead atoms. The van der Waals surface area contributed by atoms with E-state index in [1.165, 1.54) is 24.4 Å². The van der Waals surface area contributed by atoms with Gasteiger partial charge in [-0.25, -0.2) is 0 Å². The monoisotopic (exact) mass is 358 g/mol. The van der Waals surface area contributed by atoms with Gasteiger partial charge in [0.15, 0.2) is 12.3 Å². The van der Waals surface area contributed by atoms with Crippen molar-refractivity contribution in [1.29, 1.82) is 0 Å². The van der Waals surface area contributed by atoms with E-state index in [0.29, 0.717) is 11.4 Å². The Morgan fingerprint density at radius 3 is 2.68 bits per heavy atom. The number of nitrogens with zero attached hydrogens (tertiary/aromatic N) is 3. The van der Waals surface area contributed by atoms with E-state index in [9.17, 15) is 13.2 Å². The third-order valence-corrected chi connectivity index (χ3v) is 5.16. The van der Waals surface area contributed by atoms with E-state index in [4.69, 9.17) is 4.74 Å². The van der Waals surface area contributed by atoms with Crippen LogP contribution in [0.2, 0.25) is 0 Å². The van der Waals surface area contributed by atoms with Gasteiger partial charge in [-0.15, -0.1) is 0 Å². The zero-order chi connectivity index (χ0) is 18.0. The van der Waals surface area contributed by atoms with Crippen molar-refractivity contribution in [3.63, 3.8) is 0 Å². The smallest absolute Gasteiger partial charge is 0.331 e. The number of hydrogen-bond acceptors (Lipinski definition) is 6. The number of benzene rings is 1. The van der Waals surface area contributed by atoms with Crippen LogP contribution in [0.3, 0.4) is 0 Å². The lowest BCUT2D eigenvalue weighted by molar-refractivity contribution is -0.142. The molecule has 0 saturated heterocycles. The Morgan fingerprint density at radius 2 is 2.00 bits per heavy atom. The highest BCUT2D eigenvalue weighted by Crippen LogP contribution is 2.30. The maximum atomic E-state index is 12.8. The van der Waals surface area contributed by atoms with Gasteiger partial charge in [0.25, 0.3) is 15.7 Å². The zero-order valence-corrected chi connectivity index (χ0v) is 14.6. The number of fused-ring (bicyclic) bond motifs is 1. The SMILES string of the molecule is CCOC(=O)Cc1cnc2c(n1)C=[C+]N2S(=O)(=O)c1ccc(C)cc1. The van der Waals surface area contributed by atoms with Crippen molar-refractivity contribution in [1.82, 2.24) is 9.97 Å². The third kappa shape index (κ3) is 3.35. The molecule has 3 rings (SSSR count). The second-order valence-corrected chi connectivity index (χ2v) is 7.19. The molecule has 0 fully saturated rings. The standard InChI is InChI=1S/C17H16N3O4S/c1-3-24-16(21)10-13-11-18-17-15(19-13)8-9-20(17)25(22,23)14-6-4-12(2)5-7-14/h4-8,11H,3,10H2,1-2H3/q+1. The van der Waals surface area contributed by atoms with E-state index < -0.39 is 16.0 Å². The van der Waals surface area contributed by atoms with Crippen LogP contribution in [0, 0.1) is 13.1 Å². The molecule has 8 heteroatoms. The Balaban J connectivity index is 1.88. The van der Waals surface area contributed by atoms with E-state index in [2.05, 4.69) is 16.2 Å². The summed E-state index contributed by atoms with van der Waals surface area (Å²) in [5.74, 6) is -0.250. The summed E-state index contributed by atoms with van der Waals surface area (Å²) in [6, 6.07) is 6.52. The van der Waals surface area contributed by atoms with E-state index >= 15 is 0 Å². The number of hydrogen-bond donors (Lipinski definition) is 0. The number of esters is 1.